The smallest absolute Gasteiger partial charge is 0.407 e. The maximum Gasteiger partial charge on any atom is 0.407 e. The quantitative estimate of drug-likeness (QED) is 0.279. The van der Waals surface area contributed by atoms with Gasteiger partial charge in [-0.3, -0.25) is 4.79 Å². The molecule has 1 aliphatic rings. The fourth-order valence-corrected chi connectivity index (χ4v) is 4.80. The molecule has 0 spiro atoms. The van der Waals surface area contributed by atoms with E-state index in [0.717, 1.165) is 33.2 Å². The van der Waals surface area contributed by atoms with Crippen molar-refractivity contribution in [2.75, 3.05) is 13.2 Å². The maximum absolute atomic E-state index is 12.4. The molecule has 1 aliphatic carbocycles. The van der Waals surface area contributed by atoms with Crippen LogP contribution in [0, 0.1) is 0 Å². The van der Waals surface area contributed by atoms with Crippen molar-refractivity contribution in [3.8, 4) is 11.1 Å². The molecule has 5 rings (SSSR count). The van der Waals surface area contributed by atoms with E-state index < -0.39 is 24.0 Å². The van der Waals surface area contributed by atoms with Crippen LogP contribution in [0.3, 0.4) is 0 Å². The highest BCUT2D eigenvalue weighted by Crippen LogP contribution is 2.44. The molecule has 0 unspecified atom stereocenters. The minimum Gasteiger partial charge on any atom is -0.480 e. The molecule has 4 N–H and O–H groups in total. The van der Waals surface area contributed by atoms with Gasteiger partial charge in [0.25, 0.3) is 0 Å². The molecule has 37 heavy (non-hydrogen) atoms. The van der Waals surface area contributed by atoms with E-state index in [2.05, 4.69) is 32.7 Å². The highest BCUT2D eigenvalue weighted by Gasteiger charge is 2.29. The zero-order chi connectivity index (χ0) is 25.8. The lowest BCUT2D eigenvalue weighted by molar-refractivity contribution is -0.141. The zero-order valence-corrected chi connectivity index (χ0v) is 19.9. The largest absolute Gasteiger partial charge is 0.480 e. The number of hydrogen-bond acceptors (Lipinski definition) is 5. The van der Waals surface area contributed by atoms with Gasteiger partial charge in [0.15, 0.2) is 0 Å². The number of hydrogen-bond donors (Lipinski definition) is 4. The lowest BCUT2D eigenvalue weighted by Gasteiger charge is -2.15. The van der Waals surface area contributed by atoms with Gasteiger partial charge in [0.05, 0.1) is 0 Å². The first-order valence-corrected chi connectivity index (χ1v) is 12.0. The van der Waals surface area contributed by atoms with Crippen molar-refractivity contribution in [1.82, 2.24) is 20.6 Å². The molecule has 0 bridgehead atoms. The van der Waals surface area contributed by atoms with Gasteiger partial charge >= 0.3 is 12.1 Å². The third-order valence-electron chi connectivity index (χ3n) is 6.56. The average molecular weight is 499 g/mol. The fraction of sp³-hybridized carbons (Fsp3) is 0.214. The number of ether oxygens (including phenoxy) is 1. The second-order valence-corrected chi connectivity index (χ2v) is 8.88. The molecular weight excluding hydrogens is 472 g/mol. The van der Waals surface area contributed by atoms with Crippen LogP contribution in [0.5, 0.6) is 0 Å². The number of benzene rings is 2. The van der Waals surface area contributed by atoms with E-state index in [-0.39, 0.29) is 31.9 Å². The van der Waals surface area contributed by atoms with Crippen LogP contribution in [-0.4, -0.2) is 52.2 Å². The molecule has 0 saturated heterocycles. The highest BCUT2D eigenvalue weighted by atomic mass is 16.5. The molecular formula is C28H26N4O5. The van der Waals surface area contributed by atoms with Gasteiger partial charge in [0, 0.05) is 43.1 Å². The number of H-pyrrole nitrogens is 1. The number of alkyl carbamates (subject to hydrolysis) is 1. The fourth-order valence-electron chi connectivity index (χ4n) is 4.80. The van der Waals surface area contributed by atoms with Crippen molar-refractivity contribution in [1.29, 1.82) is 0 Å². The molecule has 9 nitrogen and oxygen atoms in total. The van der Waals surface area contributed by atoms with E-state index in [1.54, 1.807) is 18.5 Å². The van der Waals surface area contributed by atoms with E-state index >= 15 is 0 Å². The summed E-state index contributed by atoms with van der Waals surface area (Å²) < 4.78 is 5.47. The van der Waals surface area contributed by atoms with Crippen LogP contribution >= 0.6 is 0 Å². The number of fused-ring (bicyclic) bond motifs is 4. The van der Waals surface area contributed by atoms with Gasteiger partial charge < -0.3 is 25.5 Å². The Labute approximate surface area is 212 Å². The topological polar surface area (TPSA) is 133 Å². The molecule has 4 aromatic rings. The van der Waals surface area contributed by atoms with Crippen LogP contribution < -0.4 is 10.6 Å². The molecule has 2 aromatic heterocycles. The van der Waals surface area contributed by atoms with Crippen molar-refractivity contribution in [2.45, 2.75) is 24.8 Å². The second kappa shape index (κ2) is 10.5. The van der Waals surface area contributed by atoms with Crippen LogP contribution in [0.4, 0.5) is 4.79 Å². The third-order valence-corrected chi connectivity index (χ3v) is 6.56. The summed E-state index contributed by atoms with van der Waals surface area (Å²) in [5, 5.41) is 15.5. The molecule has 2 heterocycles. The summed E-state index contributed by atoms with van der Waals surface area (Å²) in [6, 6.07) is 18.6. The van der Waals surface area contributed by atoms with Gasteiger partial charge in [-0.2, -0.15) is 0 Å². The molecule has 2 amide bonds. The molecule has 0 saturated carbocycles. The number of nitrogens with zero attached hydrogens (tertiary/aromatic N) is 1. The van der Waals surface area contributed by atoms with Gasteiger partial charge in [0.2, 0.25) is 5.91 Å². The van der Waals surface area contributed by atoms with Crippen molar-refractivity contribution >= 4 is 29.0 Å². The van der Waals surface area contributed by atoms with Crippen molar-refractivity contribution < 1.29 is 24.2 Å². The van der Waals surface area contributed by atoms with Crippen LogP contribution in [-0.2, 0) is 20.7 Å². The average Bonchev–Trinajstić information content (AvgIpc) is 3.46. The van der Waals surface area contributed by atoms with Gasteiger partial charge in [-0.25, -0.2) is 14.6 Å². The number of rotatable bonds is 9. The number of carboxylic acid groups (broad SMARTS) is 1. The van der Waals surface area contributed by atoms with Gasteiger partial charge in [0.1, 0.15) is 18.3 Å². The summed E-state index contributed by atoms with van der Waals surface area (Å²) in [4.78, 5) is 43.6. The lowest BCUT2D eigenvalue weighted by Crippen LogP contribution is -2.43. The number of carbonyl (C=O) groups excluding carboxylic acids is 2. The molecule has 0 fully saturated rings. The summed E-state index contributed by atoms with van der Waals surface area (Å²) in [6.45, 7) is 0.193. The van der Waals surface area contributed by atoms with Gasteiger partial charge in [-0.1, -0.05) is 48.5 Å². The van der Waals surface area contributed by atoms with Crippen molar-refractivity contribution in [3.63, 3.8) is 0 Å². The Bertz CT molecular complexity index is 1420. The molecule has 0 radical (unpaired) electrons. The van der Waals surface area contributed by atoms with E-state index in [4.69, 9.17) is 4.74 Å². The monoisotopic (exact) mass is 498 g/mol. The third kappa shape index (κ3) is 5.16. The zero-order valence-electron chi connectivity index (χ0n) is 19.9. The highest BCUT2D eigenvalue weighted by molar-refractivity contribution is 5.86. The summed E-state index contributed by atoms with van der Waals surface area (Å²) in [5.41, 5.74) is 5.90. The minimum atomic E-state index is -1.14. The first-order chi connectivity index (χ1) is 18.0. The van der Waals surface area contributed by atoms with Crippen molar-refractivity contribution in [3.05, 3.63) is 89.7 Å². The summed E-state index contributed by atoms with van der Waals surface area (Å²) in [5.74, 6) is -1.68. The second-order valence-electron chi connectivity index (χ2n) is 8.88. The molecule has 9 heteroatoms. The maximum atomic E-state index is 12.4. The number of carbonyl (C=O) groups is 3. The number of aliphatic carboxylic acids is 1. The predicted octanol–water partition coefficient (Wildman–Crippen LogP) is 3.60. The predicted molar refractivity (Wildman–Crippen MR) is 137 cm³/mol. The standard InChI is InChI=1S/C28H26N4O5/c33-25(32-24(27(34)35)14-17-15-31-26-18(17)10-5-12-29-26)11-13-30-28(36)37-16-23-21-8-3-1-6-19(21)20-7-2-4-9-22(20)23/h1-10,12,15,23-24H,11,13-14,16H2,(H,29,31)(H,30,36)(H,32,33)(H,34,35)/t24-/m0/s1. The summed E-state index contributed by atoms with van der Waals surface area (Å²) in [6.07, 6.45) is 2.73. The van der Waals surface area contributed by atoms with Crippen LogP contribution in [0.25, 0.3) is 22.2 Å². The Hall–Kier alpha value is -4.66. The van der Waals surface area contributed by atoms with E-state index in [9.17, 15) is 19.5 Å². The number of amides is 2. The lowest BCUT2D eigenvalue weighted by atomic mass is 9.98. The molecule has 2 aromatic carbocycles. The number of carboxylic acids is 1. The Kier molecular flexibility index (Phi) is 6.85. The molecule has 0 aliphatic heterocycles. The molecule has 1 atom stereocenters. The van der Waals surface area contributed by atoms with Crippen LogP contribution in [0.15, 0.2) is 73.1 Å². The Morgan fingerprint density at radius 3 is 2.41 bits per heavy atom. The summed E-state index contributed by atoms with van der Waals surface area (Å²) in [7, 11) is 0. The van der Waals surface area contributed by atoms with Crippen LogP contribution in [0.2, 0.25) is 0 Å². The SMILES string of the molecule is O=C(CCNC(=O)OCC1c2ccccc2-c2ccccc21)N[C@@H](Cc1c[nH]c2ncccc12)C(=O)O. The van der Waals surface area contributed by atoms with Gasteiger partial charge in [-0.15, -0.1) is 0 Å². The first-order valence-electron chi connectivity index (χ1n) is 12.0. The van der Waals surface area contributed by atoms with E-state index in [1.165, 1.54) is 0 Å². The van der Waals surface area contributed by atoms with E-state index in [0.29, 0.717) is 5.65 Å². The van der Waals surface area contributed by atoms with E-state index in [1.807, 2.05) is 42.5 Å². The van der Waals surface area contributed by atoms with Gasteiger partial charge in [-0.05, 0) is 39.9 Å². The Balaban J connectivity index is 1.10. The number of pyridine rings is 1. The minimum absolute atomic E-state index is 0.0197. The number of nitrogens with one attached hydrogen (secondary N) is 3. The Morgan fingerprint density at radius 1 is 1.00 bits per heavy atom. The van der Waals surface area contributed by atoms with Crippen LogP contribution in [0.1, 0.15) is 29.0 Å². The Morgan fingerprint density at radius 2 is 1.70 bits per heavy atom. The normalized spacial score (nSPS) is 13.0. The number of aromatic nitrogens is 2. The van der Waals surface area contributed by atoms with Crippen molar-refractivity contribution in [2.24, 2.45) is 0 Å². The summed E-state index contributed by atoms with van der Waals surface area (Å²) >= 11 is 0. The first kappa shape index (κ1) is 24.1. The molecule has 188 valence electrons. The number of aromatic amines is 1.